The van der Waals surface area contributed by atoms with E-state index < -0.39 is 10.0 Å². The van der Waals surface area contributed by atoms with Crippen molar-refractivity contribution >= 4 is 21.4 Å². The van der Waals surface area contributed by atoms with Crippen LogP contribution in [0.4, 0.5) is 11.4 Å². The highest BCUT2D eigenvalue weighted by Crippen LogP contribution is 2.26. The number of nitrogens with zero attached hydrogens (tertiary/aromatic N) is 1. The molecule has 2 aromatic rings. The summed E-state index contributed by atoms with van der Waals surface area (Å²) in [4.78, 5) is 4.11. The van der Waals surface area contributed by atoms with Gasteiger partial charge in [0.15, 0.2) is 0 Å². The van der Waals surface area contributed by atoms with Crippen molar-refractivity contribution in [2.75, 3.05) is 10.5 Å². The van der Waals surface area contributed by atoms with Crippen LogP contribution in [0.5, 0.6) is 0 Å². The molecule has 5 nitrogen and oxygen atoms in total. The summed E-state index contributed by atoms with van der Waals surface area (Å²) in [5.74, 6) is 0. The zero-order valence-electron chi connectivity index (χ0n) is 10.8. The molecule has 3 N–H and O–H groups in total. The molecule has 1 aliphatic carbocycles. The number of nitrogen functional groups attached to an aromatic ring is 1. The average Bonchev–Trinajstić information content (AvgIpc) is 2.88. The molecule has 0 unspecified atom stereocenters. The van der Waals surface area contributed by atoms with Gasteiger partial charge in [0.25, 0.3) is 10.0 Å². The van der Waals surface area contributed by atoms with E-state index >= 15 is 0 Å². The highest BCUT2D eigenvalue weighted by Gasteiger charge is 2.19. The first-order chi connectivity index (χ1) is 9.56. The molecule has 0 radical (unpaired) electrons. The van der Waals surface area contributed by atoms with E-state index in [-0.39, 0.29) is 4.90 Å². The van der Waals surface area contributed by atoms with Crippen LogP contribution in [0.15, 0.2) is 41.6 Å². The van der Waals surface area contributed by atoms with Gasteiger partial charge in [0.05, 0.1) is 22.5 Å². The summed E-state index contributed by atoms with van der Waals surface area (Å²) >= 11 is 0. The van der Waals surface area contributed by atoms with Crippen LogP contribution < -0.4 is 10.5 Å². The second-order valence-corrected chi connectivity index (χ2v) is 6.53. The number of hydrogen-bond acceptors (Lipinski definition) is 4. The second kappa shape index (κ2) is 4.79. The molecular formula is C14H15N3O2S. The van der Waals surface area contributed by atoms with Gasteiger partial charge >= 0.3 is 0 Å². The number of aryl methyl sites for hydroxylation is 2. The van der Waals surface area contributed by atoms with Crippen LogP contribution in [-0.4, -0.2) is 13.4 Å². The van der Waals surface area contributed by atoms with E-state index in [9.17, 15) is 8.42 Å². The lowest BCUT2D eigenvalue weighted by molar-refractivity contribution is 0.601. The molecule has 0 amide bonds. The number of pyridine rings is 1. The SMILES string of the molecule is Nc1cnccc1NS(=O)(=O)c1ccc2c(c1)CCC2. The number of nitrogens with two attached hydrogens (primary N) is 1. The predicted octanol–water partition coefficient (Wildman–Crippen LogP) is 1.95. The van der Waals surface area contributed by atoms with Gasteiger partial charge in [-0.2, -0.15) is 0 Å². The maximum Gasteiger partial charge on any atom is 0.261 e. The van der Waals surface area contributed by atoms with Gasteiger partial charge < -0.3 is 5.73 Å². The molecule has 1 aromatic carbocycles. The van der Waals surface area contributed by atoms with Crippen molar-refractivity contribution < 1.29 is 8.42 Å². The molecule has 0 aliphatic heterocycles. The van der Waals surface area contributed by atoms with Crippen molar-refractivity contribution in [1.82, 2.24) is 4.98 Å². The lowest BCUT2D eigenvalue weighted by Gasteiger charge is -2.11. The summed E-state index contributed by atoms with van der Waals surface area (Å²) in [6.45, 7) is 0. The topological polar surface area (TPSA) is 85.1 Å². The van der Waals surface area contributed by atoms with Crippen LogP contribution >= 0.6 is 0 Å². The molecule has 0 saturated heterocycles. The summed E-state index contributed by atoms with van der Waals surface area (Å²) in [6, 6.07) is 6.83. The lowest BCUT2D eigenvalue weighted by Crippen LogP contribution is -2.14. The molecule has 1 aromatic heterocycles. The Balaban J connectivity index is 1.94. The normalized spacial score (nSPS) is 14.0. The van der Waals surface area contributed by atoms with Crippen LogP contribution in [0, 0.1) is 0 Å². The van der Waals surface area contributed by atoms with Gasteiger partial charge in [-0.3, -0.25) is 9.71 Å². The third-order valence-electron chi connectivity index (χ3n) is 3.48. The van der Waals surface area contributed by atoms with Gasteiger partial charge in [-0.25, -0.2) is 8.42 Å². The van der Waals surface area contributed by atoms with Crippen molar-refractivity contribution in [1.29, 1.82) is 0 Å². The number of sulfonamides is 1. The van der Waals surface area contributed by atoms with Crippen molar-refractivity contribution in [2.45, 2.75) is 24.2 Å². The Kier molecular flexibility index (Phi) is 3.10. The van der Waals surface area contributed by atoms with Crippen LogP contribution in [0.1, 0.15) is 17.5 Å². The zero-order valence-corrected chi connectivity index (χ0v) is 11.7. The highest BCUT2D eigenvalue weighted by molar-refractivity contribution is 7.92. The standard InChI is InChI=1S/C14H15N3O2S/c15-13-9-16-7-6-14(13)17-20(18,19)12-5-4-10-2-1-3-11(10)8-12/h4-9H,1-3,15H2,(H,16,17). The Labute approximate surface area is 117 Å². The van der Waals surface area contributed by atoms with Gasteiger partial charge in [-0.15, -0.1) is 0 Å². The van der Waals surface area contributed by atoms with Crippen molar-refractivity contribution in [3.63, 3.8) is 0 Å². The summed E-state index contributed by atoms with van der Waals surface area (Å²) in [5, 5.41) is 0. The number of nitrogens with one attached hydrogen (secondary N) is 1. The van der Waals surface area contributed by atoms with E-state index in [0.717, 1.165) is 24.8 Å². The third-order valence-corrected chi connectivity index (χ3v) is 4.84. The largest absolute Gasteiger partial charge is 0.396 e. The Morgan fingerprint density at radius 3 is 2.75 bits per heavy atom. The molecule has 0 saturated carbocycles. The summed E-state index contributed by atoms with van der Waals surface area (Å²) in [7, 11) is -3.62. The molecule has 0 bridgehead atoms. The Hall–Kier alpha value is -2.08. The number of anilines is 2. The van der Waals surface area contributed by atoms with E-state index in [2.05, 4.69) is 9.71 Å². The Morgan fingerprint density at radius 1 is 1.15 bits per heavy atom. The summed E-state index contributed by atoms with van der Waals surface area (Å²) in [5.41, 5.74) is 8.72. The van der Waals surface area contributed by atoms with Crippen LogP contribution in [0.25, 0.3) is 0 Å². The Bertz CT molecular complexity index is 757. The van der Waals surface area contributed by atoms with E-state index in [1.165, 1.54) is 18.0 Å². The average molecular weight is 289 g/mol. The van der Waals surface area contributed by atoms with Gasteiger partial charge in [0, 0.05) is 6.20 Å². The monoisotopic (exact) mass is 289 g/mol. The molecule has 104 valence electrons. The molecule has 1 aliphatic rings. The number of rotatable bonds is 3. The van der Waals surface area contributed by atoms with Crippen molar-refractivity contribution in [3.05, 3.63) is 47.8 Å². The molecule has 1 heterocycles. The summed E-state index contributed by atoms with van der Waals surface area (Å²) in [6.07, 6.45) is 5.97. The van der Waals surface area contributed by atoms with E-state index in [4.69, 9.17) is 5.73 Å². The second-order valence-electron chi connectivity index (χ2n) is 4.85. The van der Waals surface area contributed by atoms with E-state index in [1.807, 2.05) is 6.07 Å². The minimum Gasteiger partial charge on any atom is -0.396 e. The first-order valence-electron chi connectivity index (χ1n) is 6.40. The van der Waals surface area contributed by atoms with Gasteiger partial charge in [-0.05, 0) is 48.6 Å². The molecule has 6 heteroatoms. The first-order valence-corrected chi connectivity index (χ1v) is 7.89. The van der Waals surface area contributed by atoms with E-state index in [1.54, 1.807) is 18.2 Å². The van der Waals surface area contributed by atoms with Crippen LogP contribution in [-0.2, 0) is 22.9 Å². The Morgan fingerprint density at radius 2 is 1.95 bits per heavy atom. The fourth-order valence-electron chi connectivity index (χ4n) is 2.42. The summed E-state index contributed by atoms with van der Waals surface area (Å²) < 4.78 is 27.2. The van der Waals surface area contributed by atoms with Gasteiger partial charge in [-0.1, -0.05) is 6.07 Å². The third kappa shape index (κ3) is 2.34. The van der Waals surface area contributed by atoms with Crippen LogP contribution in [0.2, 0.25) is 0 Å². The lowest BCUT2D eigenvalue weighted by atomic mass is 10.1. The minimum absolute atomic E-state index is 0.273. The van der Waals surface area contributed by atoms with E-state index in [0.29, 0.717) is 11.4 Å². The number of aromatic nitrogens is 1. The zero-order chi connectivity index (χ0) is 14.2. The van der Waals surface area contributed by atoms with Gasteiger partial charge in [0.1, 0.15) is 0 Å². The van der Waals surface area contributed by atoms with Gasteiger partial charge in [0.2, 0.25) is 0 Å². The number of fused-ring (bicyclic) bond motifs is 1. The molecule has 0 fully saturated rings. The maximum absolute atomic E-state index is 12.4. The molecule has 20 heavy (non-hydrogen) atoms. The van der Waals surface area contributed by atoms with Crippen molar-refractivity contribution in [2.24, 2.45) is 0 Å². The predicted molar refractivity (Wildman–Crippen MR) is 77.9 cm³/mol. The smallest absolute Gasteiger partial charge is 0.261 e. The highest BCUT2D eigenvalue weighted by atomic mass is 32.2. The minimum atomic E-state index is -3.62. The number of hydrogen-bond donors (Lipinski definition) is 2. The quantitative estimate of drug-likeness (QED) is 0.904. The molecule has 3 rings (SSSR count). The first kappa shape index (κ1) is 12.9. The number of benzene rings is 1. The fraction of sp³-hybridized carbons (Fsp3) is 0.214. The molecule has 0 atom stereocenters. The van der Waals surface area contributed by atoms with Crippen molar-refractivity contribution in [3.8, 4) is 0 Å². The van der Waals surface area contributed by atoms with Crippen LogP contribution in [0.3, 0.4) is 0 Å². The maximum atomic E-state index is 12.4. The molecule has 0 spiro atoms. The molecular weight excluding hydrogens is 274 g/mol. The fourth-order valence-corrected chi connectivity index (χ4v) is 3.56.